The third kappa shape index (κ3) is 1.42. The Hall–Kier alpha value is -2.00. The molecule has 0 saturated carbocycles. The van der Waals surface area contributed by atoms with Crippen molar-refractivity contribution in [3.63, 3.8) is 0 Å². The molecule has 0 heterocycles. The molecule has 0 fully saturated rings. The van der Waals surface area contributed by atoms with E-state index in [1.165, 1.54) is 22.3 Å². The van der Waals surface area contributed by atoms with Gasteiger partial charge in [-0.05, 0) is 47.2 Å². The number of rotatable bonds is 0. The first-order chi connectivity index (χ1) is 7.86. The average molecular weight is 204 g/mol. The van der Waals surface area contributed by atoms with E-state index in [9.17, 15) is 0 Å². The molecule has 0 atom stereocenters. The van der Waals surface area contributed by atoms with E-state index in [2.05, 4.69) is 42.3 Å². The van der Waals surface area contributed by atoms with Crippen LogP contribution in [0.4, 0.5) is 0 Å². The lowest BCUT2D eigenvalue weighted by molar-refractivity contribution is 1.00. The van der Waals surface area contributed by atoms with E-state index in [1.807, 2.05) is 6.07 Å². The van der Waals surface area contributed by atoms with Gasteiger partial charge in [0, 0.05) is 5.56 Å². The second kappa shape index (κ2) is 3.54. The Morgan fingerprint density at radius 3 is 2.12 bits per heavy atom. The lowest BCUT2D eigenvalue weighted by atomic mass is 9.85. The van der Waals surface area contributed by atoms with Gasteiger partial charge in [0.2, 0.25) is 0 Å². The van der Waals surface area contributed by atoms with Crippen molar-refractivity contribution in [3.05, 3.63) is 70.3 Å². The highest BCUT2D eigenvalue weighted by molar-refractivity contribution is 5.48. The van der Waals surface area contributed by atoms with Crippen LogP contribution in [0.2, 0.25) is 0 Å². The lowest BCUT2D eigenvalue weighted by Gasteiger charge is -2.19. The predicted molar refractivity (Wildman–Crippen MR) is 66.4 cm³/mol. The first kappa shape index (κ1) is 9.24. The van der Waals surface area contributed by atoms with Gasteiger partial charge in [-0.1, -0.05) is 36.3 Å². The van der Waals surface area contributed by atoms with Crippen molar-refractivity contribution in [2.45, 2.75) is 12.8 Å². The molecule has 0 unspecified atom stereocenters. The molecule has 0 aromatic heterocycles. The molecule has 0 radical (unpaired) electrons. The molecule has 2 aromatic carbocycles. The lowest BCUT2D eigenvalue weighted by Crippen LogP contribution is -2.07. The smallest absolute Gasteiger partial charge is 0.0245 e. The van der Waals surface area contributed by atoms with Crippen molar-refractivity contribution >= 4 is 0 Å². The van der Waals surface area contributed by atoms with Crippen LogP contribution in [0.3, 0.4) is 0 Å². The van der Waals surface area contributed by atoms with Crippen molar-refractivity contribution in [3.8, 4) is 12.3 Å². The molecule has 2 aromatic rings. The number of hydrogen-bond acceptors (Lipinski definition) is 0. The maximum atomic E-state index is 5.43. The quantitative estimate of drug-likeness (QED) is 0.493. The van der Waals surface area contributed by atoms with Crippen molar-refractivity contribution in [1.82, 2.24) is 0 Å². The first-order valence-corrected chi connectivity index (χ1v) is 5.52. The third-order valence-electron chi connectivity index (χ3n) is 3.25. The van der Waals surface area contributed by atoms with Gasteiger partial charge in [0.25, 0.3) is 0 Å². The van der Waals surface area contributed by atoms with Crippen molar-refractivity contribution in [2.75, 3.05) is 0 Å². The summed E-state index contributed by atoms with van der Waals surface area (Å²) in [7, 11) is 0. The number of hydrogen-bond donors (Lipinski definition) is 0. The molecule has 0 heteroatoms. The SMILES string of the molecule is C#Cc1ccc2c(c1)Cc1ccccc1C2. The fourth-order valence-electron chi connectivity index (χ4n) is 2.37. The zero-order valence-corrected chi connectivity index (χ0v) is 9.03. The maximum absolute atomic E-state index is 5.43. The van der Waals surface area contributed by atoms with Crippen molar-refractivity contribution < 1.29 is 0 Å². The standard InChI is InChI=1S/C16H12/c1-2-12-7-8-15-10-13-5-3-4-6-14(13)11-16(15)9-12/h1,3-9H,10-11H2. The summed E-state index contributed by atoms with van der Waals surface area (Å²) in [6.07, 6.45) is 7.48. The van der Waals surface area contributed by atoms with Crippen LogP contribution in [0.5, 0.6) is 0 Å². The predicted octanol–water partition coefficient (Wildman–Crippen LogP) is 3.16. The molecular formula is C16H12. The Labute approximate surface area is 95.9 Å². The summed E-state index contributed by atoms with van der Waals surface area (Å²) in [4.78, 5) is 0. The topological polar surface area (TPSA) is 0 Å². The molecular weight excluding hydrogens is 192 g/mol. The van der Waals surface area contributed by atoms with Gasteiger partial charge in [0.1, 0.15) is 0 Å². The van der Waals surface area contributed by atoms with Crippen LogP contribution in [0.25, 0.3) is 0 Å². The molecule has 76 valence electrons. The Kier molecular flexibility index (Phi) is 2.04. The summed E-state index contributed by atoms with van der Waals surface area (Å²) in [5, 5.41) is 0. The summed E-state index contributed by atoms with van der Waals surface area (Å²) in [5.41, 5.74) is 6.66. The van der Waals surface area contributed by atoms with E-state index in [4.69, 9.17) is 6.42 Å². The first-order valence-electron chi connectivity index (χ1n) is 5.52. The van der Waals surface area contributed by atoms with Gasteiger partial charge in [-0.25, -0.2) is 0 Å². The zero-order valence-electron chi connectivity index (χ0n) is 9.03. The van der Waals surface area contributed by atoms with Crippen LogP contribution < -0.4 is 0 Å². The molecule has 0 saturated heterocycles. The molecule has 0 aliphatic heterocycles. The molecule has 3 rings (SSSR count). The van der Waals surface area contributed by atoms with Gasteiger partial charge in [-0.3, -0.25) is 0 Å². The molecule has 1 aliphatic carbocycles. The fourth-order valence-corrected chi connectivity index (χ4v) is 2.37. The summed E-state index contributed by atoms with van der Waals surface area (Å²) in [6, 6.07) is 15.0. The van der Waals surface area contributed by atoms with Gasteiger partial charge < -0.3 is 0 Å². The summed E-state index contributed by atoms with van der Waals surface area (Å²) < 4.78 is 0. The van der Waals surface area contributed by atoms with Gasteiger partial charge >= 0.3 is 0 Å². The van der Waals surface area contributed by atoms with Crippen LogP contribution in [-0.4, -0.2) is 0 Å². The van der Waals surface area contributed by atoms with Crippen LogP contribution in [0, 0.1) is 12.3 Å². The van der Waals surface area contributed by atoms with Crippen LogP contribution >= 0.6 is 0 Å². The third-order valence-corrected chi connectivity index (χ3v) is 3.25. The molecule has 0 N–H and O–H groups in total. The van der Waals surface area contributed by atoms with E-state index in [0.717, 1.165) is 18.4 Å². The molecule has 0 bridgehead atoms. The Balaban J connectivity index is 2.09. The highest BCUT2D eigenvalue weighted by Crippen LogP contribution is 2.27. The van der Waals surface area contributed by atoms with E-state index in [0.29, 0.717) is 0 Å². The average Bonchev–Trinajstić information content (AvgIpc) is 2.35. The highest BCUT2D eigenvalue weighted by atomic mass is 14.2. The monoisotopic (exact) mass is 204 g/mol. The van der Waals surface area contributed by atoms with Gasteiger partial charge in [-0.15, -0.1) is 6.42 Å². The van der Waals surface area contributed by atoms with Gasteiger partial charge in [0.15, 0.2) is 0 Å². The van der Waals surface area contributed by atoms with Crippen LogP contribution in [-0.2, 0) is 12.8 Å². The number of terminal acetylenes is 1. The Bertz CT molecular complexity index is 585. The van der Waals surface area contributed by atoms with E-state index < -0.39 is 0 Å². The minimum atomic E-state index is 0.984. The Morgan fingerprint density at radius 1 is 0.812 bits per heavy atom. The molecule has 0 amide bonds. The van der Waals surface area contributed by atoms with Gasteiger partial charge in [-0.2, -0.15) is 0 Å². The summed E-state index contributed by atoms with van der Waals surface area (Å²) in [6.45, 7) is 0. The maximum Gasteiger partial charge on any atom is 0.0245 e. The van der Waals surface area contributed by atoms with E-state index in [-0.39, 0.29) is 0 Å². The fraction of sp³-hybridized carbons (Fsp3) is 0.125. The summed E-state index contributed by atoms with van der Waals surface area (Å²) >= 11 is 0. The van der Waals surface area contributed by atoms with Crippen molar-refractivity contribution in [2.24, 2.45) is 0 Å². The van der Waals surface area contributed by atoms with Crippen molar-refractivity contribution in [1.29, 1.82) is 0 Å². The molecule has 0 spiro atoms. The number of benzene rings is 2. The minimum Gasteiger partial charge on any atom is -0.115 e. The largest absolute Gasteiger partial charge is 0.115 e. The summed E-state index contributed by atoms with van der Waals surface area (Å²) in [5.74, 6) is 2.70. The Morgan fingerprint density at radius 2 is 1.44 bits per heavy atom. The second-order valence-electron chi connectivity index (χ2n) is 4.25. The van der Waals surface area contributed by atoms with E-state index in [1.54, 1.807) is 0 Å². The second-order valence-corrected chi connectivity index (χ2v) is 4.25. The van der Waals surface area contributed by atoms with Crippen LogP contribution in [0.1, 0.15) is 27.8 Å². The van der Waals surface area contributed by atoms with Crippen LogP contribution in [0.15, 0.2) is 42.5 Å². The minimum absolute atomic E-state index is 0.984. The molecule has 16 heavy (non-hydrogen) atoms. The molecule has 1 aliphatic rings. The highest BCUT2D eigenvalue weighted by Gasteiger charge is 2.14. The molecule has 0 nitrogen and oxygen atoms in total. The normalized spacial score (nSPS) is 12.4. The van der Waals surface area contributed by atoms with Gasteiger partial charge in [0.05, 0.1) is 0 Å². The number of fused-ring (bicyclic) bond motifs is 2. The van der Waals surface area contributed by atoms with E-state index >= 15 is 0 Å². The zero-order chi connectivity index (χ0) is 11.0.